The number of hydrogen-bond acceptors (Lipinski definition) is 2. The highest BCUT2D eigenvalue weighted by Gasteiger charge is 2.24. The van der Waals surface area contributed by atoms with Gasteiger partial charge in [0.15, 0.2) is 0 Å². The average Bonchev–Trinajstić information content (AvgIpc) is 2.23. The first-order chi connectivity index (χ1) is 7.31. The Morgan fingerprint density at radius 1 is 1.40 bits per heavy atom. The summed E-state index contributed by atoms with van der Waals surface area (Å²) in [7, 11) is 0. The average molecular weight is 221 g/mol. The zero-order valence-electron chi connectivity index (χ0n) is 9.57. The molecule has 1 fully saturated rings. The summed E-state index contributed by atoms with van der Waals surface area (Å²) < 4.78 is 0. The number of thioether (sulfide) groups is 1. The van der Waals surface area contributed by atoms with Crippen LogP contribution in [0.2, 0.25) is 0 Å². The summed E-state index contributed by atoms with van der Waals surface area (Å²) in [4.78, 5) is 3.91. The molecule has 1 nitrogen and oxygen atoms in total. The van der Waals surface area contributed by atoms with Crippen LogP contribution in [0.3, 0.4) is 0 Å². The Kier molecular flexibility index (Phi) is 3.71. The molecule has 1 aromatic carbocycles. The maximum Gasteiger partial charge on any atom is 0.0234 e. The van der Waals surface area contributed by atoms with Crippen LogP contribution in [0.4, 0.5) is 0 Å². The third-order valence-electron chi connectivity index (χ3n) is 3.15. The fourth-order valence-corrected chi connectivity index (χ4v) is 2.58. The Hall–Kier alpha value is -0.470. The highest BCUT2D eigenvalue weighted by atomic mass is 32.2. The van der Waals surface area contributed by atoms with Crippen LogP contribution < -0.4 is 0 Å². The topological polar surface area (TPSA) is 3.24 Å². The van der Waals surface area contributed by atoms with Crippen molar-refractivity contribution in [1.82, 2.24) is 4.90 Å². The van der Waals surface area contributed by atoms with Gasteiger partial charge in [0.05, 0.1) is 0 Å². The highest BCUT2D eigenvalue weighted by molar-refractivity contribution is 7.98. The number of benzene rings is 1. The lowest BCUT2D eigenvalue weighted by molar-refractivity contribution is 0.0898. The molecule has 0 unspecified atom stereocenters. The smallest absolute Gasteiger partial charge is 0.0234 e. The van der Waals surface area contributed by atoms with Crippen molar-refractivity contribution in [3.05, 3.63) is 29.8 Å². The number of hydrogen-bond donors (Lipinski definition) is 0. The molecular formula is C13H19NS. The Balaban J connectivity index is 1.88. The Morgan fingerprint density at radius 3 is 2.87 bits per heavy atom. The van der Waals surface area contributed by atoms with Gasteiger partial charge in [0, 0.05) is 24.5 Å². The van der Waals surface area contributed by atoms with E-state index < -0.39 is 0 Å². The summed E-state index contributed by atoms with van der Waals surface area (Å²) >= 11 is 1.82. The van der Waals surface area contributed by atoms with Gasteiger partial charge in [-0.15, -0.1) is 11.8 Å². The monoisotopic (exact) mass is 221 g/mol. The third kappa shape index (κ3) is 2.76. The second kappa shape index (κ2) is 5.04. The molecule has 1 saturated heterocycles. The summed E-state index contributed by atoms with van der Waals surface area (Å²) in [6.07, 6.45) is 3.47. The molecule has 0 radical (unpaired) electrons. The molecule has 0 atom stereocenters. The summed E-state index contributed by atoms with van der Waals surface area (Å²) in [5.41, 5.74) is 1.46. The minimum absolute atomic E-state index is 0.953. The molecule has 0 aromatic heterocycles. The molecular weight excluding hydrogens is 202 g/mol. The van der Waals surface area contributed by atoms with E-state index in [1.807, 2.05) is 11.8 Å². The lowest BCUT2D eigenvalue weighted by atomic mass is 9.97. The fourth-order valence-electron chi connectivity index (χ4n) is 2.09. The van der Waals surface area contributed by atoms with Crippen molar-refractivity contribution < 1.29 is 0 Å². The van der Waals surface area contributed by atoms with E-state index in [0.29, 0.717) is 0 Å². The standard InChI is InChI=1S/C13H19NS/c1-3-11-8-14(9-11)10-12-5-4-6-13(7-12)15-2/h4-7,11H,3,8-10H2,1-2H3. The van der Waals surface area contributed by atoms with Crippen molar-refractivity contribution in [2.24, 2.45) is 5.92 Å². The van der Waals surface area contributed by atoms with Crippen LogP contribution in [-0.4, -0.2) is 24.2 Å². The molecule has 82 valence electrons. The predicted octanol–water partition coefficient (Wildman–Crippen LogP) is 3.25. The molecule has 0 aliphatic carbocycles. The van der Waals surface area contributed by atoms with E-state index in [1.165, 1.54) is 30.0 Å². The summed E-state index contributed by atoms with van der Waals surface area (Å²) in [6.45, 7) is 6.00. The molecule has 0 amide bonds. The molecule has 1 aliphatic heterocycles. The molecule has 0 spiro atoms. The molecule has 1 aliphatic rings. The minimum atomic E-state index is 0.953. The van der Waals surface area contributed by atoms with Crippen molar-refractivity contribution in [2.75, 3.05) is 19.3 Å². The minimum Gasteiger partial charge on any atom is -0.298 e. The van der Waals surface area contributed by atoms with Crippen LogP contribution in [0.25, 0.3) is 0 Å². The fraction of sp³-hybridized carbons (Fsp3) is 0.538. The quantitative estimate of drug-likeness (QED) is 0.718. The largest absolute Gasteiger partial charge is 0.298 e. The van der Waals surface area contributed by atoms with Crippen LogP contribution in [0.5, 0.6) is 0 Å². The van der Waals surface area contributed by atoms with Gasteiger partial charge in [-0.25, -0.2) is 0 Å². The van der Waals surface area contributed by atoms with Gasteiger partial charge in [-0.3, -0.25) is 4.90 Å². The van der Waals surface area contributed by atoms with Crippen LogP contribution in [0.1, 0.15) is 18.9 Å². The molecule has 2 heteroatoms. The molecule has 0 bridgehead atoms. The van der Waals surface area contributed by atoms with E-state index in [1.54, 1.807) is 0 Å². The first-order valence-electron chi connectivity index (χ1n) is 5.67. The van der Waals surface area contributed by atoms with E-state index in [-0.39, 0.29) is 0 Å². The Labute approximate surface area is 96.9 Å². The molecule has 1 aromatic rings. The number of rotatable bonds is 4. The van der Waals surface area contributed by atoms with Crippen molar-refractivity contribution in [3.8, 4) is 0 Å². The predicted molar refractivity (Wildman–Crippen MR) is 67.3 cm³/mol. The van der Waals surface area contributed by atoms with Crippen LogP contribution in [-0.2, 0) is 6.54 Å². The molecule has 0 saturated carbocycles. The normalized spacial score (nSPS) is 17.7. The first kappa shape index (κ1) is 11.0. The Bertz CT molecular complexity index is 318. The van der Waals surface area contributed by atoms with Crippen molar-refractivity contribution >= 4 is 11.8 Å². The zero-order valence-corrected chi connectivity index (χ0v) is 10.4. The second-order valence-corrected chi connectivity index (χ2v) is 5.20. The van der Waals surface area contributed by atoms with Gasteiger partial charge in [-0.1, -0.05) is 25.5 Å². The van der Waals surface area contributed by atoms with Gasteiger partial charge < -0.3 is 0 Å². The lowest BCUT2D eigenvalue weighted by Crippen LogP contribution is -2.45. The van der Waals surface area contributed by atoms with E-state index in [0.717, 1.165) is 12.5 Å². The van der Waals surface area contributed by atoms with E-state index >= 15 is 0 Å². The number of nitrogens with zero attached hydrogens (tertiary/aromatic N) is 1. The summed E-state index contributed by atoms with van der Waals surface area (Å²) in [5.74, 6) is 0.953. The maximum absolute atomic E-state index is 2.54. The summed E-state index contributed by atoms with van der Waals surface area (Å²) in [5, 5.41) is 0. The first-order valence-corrected chi connectivity index (χ1v) is 6.89. The van der Waals surface area contributed by atoms with Gasteiger partial charge in [0.1, 0.15) is 0 Å². The van der Waals surface area contributed by atoms with Gasteiger partial charge in [-0.2, -0.15) is 0 Å². The molecule has 15 heavy (non-hydrogen) atoms. The molecule has 2 rings (SSSR count). The van der Waals surface area contributed by atoms with Crippen molar-refractivity contribution in [1.29, 1.82) is 0 Å². The van der Waals surface area contributed by atoms with Gasteiger partial charge >= 0.3 is 0 Å². The van der Waals surface area contributed by atoms with Crippen LogP contribution in [0, 0.1) is 5.92 Å². The Morgan fingerprint density at radius 2 is 2.20 bits per heavy atom. The van der Waals surface area contributed by atoms with Crippen LogP contribution >= 0.6 is 11.8 Å². The van der Waals surface area contributed by atoms with Crippen LogP contribution in [0.15, 0.2) is 29.2 Å². The third-order valence-corrected chi connectivity index (χ3v) is 3.88. The second-order valence-electron chi connectivity index (χ2n) is 4.32. The number of likely N-dealkylation sites (tertiary alicyclic amines) is 1. The van der Waals surface area contributed by atoms with Crippen molar-refractivity contribution in [2.45, 2.75) is 24.8 Å². The van der Waals surface area contributed by atoms with Gasteiger partial charge in [0.2, 0.25) is 0 Å². The maximum atomic E-state index is 2.54. The van der Waals surface area contributed by atoms with E-state index in [9.17, 15) is 0 Å². The zero-order chi connectivity index (χ0) is 10.7. The summed E-state index contributed by atoms with van der Waals surface area (Å²) in [6, 6.07) is 8.89. The van der Waals surface area contributed by atoms with E-state index in [4.69, 9.17) is 0 Å². The van der Waals surface area contributed by atoms with E-state index in [2.05, 4.69) is 42.3 Å². The van der Waals surface area contributed by atoms with Crippen molar-refractivity contribution in [3.63, 3.8) is 0 Å². The highest BCUT2D eigenvalue weighted by Crippen LogP contribution is 2.22. The lowest BCUT2D eigenvalue weighted by Gasteiger charge is -2.38. The SMILES string of the molecule is CCC1CN(Cc2cccc(SC)c2)C1. The molecule has 1 heterocycles. The van der Waals surface area contributed by atoms with Gasteiger partial charge in [-0.05, 0) is 29.9 Å². The van der Waals surface area contributed by atoms with Gasteiger partial charge in [0.25, 0.3) is 0 Å². The molecule has 0 N–H and O–H groups in total.